The Balaban J connectivity index is 2.37. The van der Waals surface area contributed by atoms with E-state index >= 15 is 0 Å². The second-order valence-corrected chi connectivity index (χ2v) is 4.21. The summed E-state index contributed by atoms with van der Waals surface area (Å²) in [5.74, 6) is 1.38. The fraction of sp³-hybridized carbons (Fsp3) is 0.200. The van der Waals surface area contributed by atoms with E-state index in [1.165, 1.54) is 0 Å². The van der Waals surface area contributed by atoms with Crippen molar-refractivity contribution in [1.29, 1.82) is 5.41 Å². The van der Waals surface area contributed by atoms with Crippen LogP contribution in [-0.2, 0) is 6.42 Å². The number of nitrogen functional groups attached to an aromatic ring is 1. The number of ether oxygens (including phenoxy) is 2. The molecule has 1 aromatic heterocycles. The number of amidine groups is 1. The lowest BCUT2D eigenvalue weighted by molar-refractivity contribution is 0.373. The molecule has 0 bridgehead atoms. The van der Waals surface area contributed by atoms with Crippen LogP contribution in [0.4, 0.5) is 0 Å². The minimum atomic E-state index is -0.0859. The van der Waals surface area contributed by atoms with Crippen molar-refractivity contribution in [2.75, 3.05) is 7.11 Å². The third kappa shape index (κ3) is 2.88. The van der Waals surface area contributed by atoms with Crippen LogP contribution in [0.15, 0.2) is 36.5 Å². The first-order valence-corrected chi connectivity index (χ1v) is 6.30. The third-order valence-electron chi connectivity index (χ3n) is 2.90. The van der Waals surface area contributed by atoms with E-state index in [1.807, 2.05) is 18.2 Å². The van der Waals surface area contributed by atoms with E-state index < -0.39 is 0 Å². The van der Waals surface area contributed by atoms with Crippen molar-refractivity contribution in [2.45, 2.75) is 13.3 Å². The summed E-state index contributed by atoms with van der Waals surface area (Å²) in [6.07, 6.45) is 2.51. The molecule has 0 saturated carbocycles. The number of nitrogens with one attached hydrogen (secondary N) is 1. The standard InChI is InChI=1S/C15H17N3O2/c1-3-10-6-7-12(13(9-10)19-2)20-15-11(14(16)17)5-4-8-18-15/h4-9H,3H2,1-2H3,(H3,16,17). The second kappa shape index (κ2) is 6.06. The maximum Gasteiger partial charge on any atom is 0.230 e. The van der Waals surface area contributed by atoms with Gasteiger partial charge in [-0.1, -0.05) is 13.0 Å². The van der Waals surface area contributed by atoms with E-state index in [0.29, 0.717) is 22.9 Å². The van der Waals surface area contributed by atoms with Crippen molar-refractivity contribution in [3.63, 3.8) is 0 Å². The average molecular weight is 271 g/mol. The highest BCUT2D eigenvalue weighted by Crippen LogP contribution is 2.32. The van der Waals surface area contributed by atoms with Crippen molar-refractivity contribution < 1.29 is 9.47 Å². The van der Waals surface area contributed by atoms with Gasteiger partial charge in [-0.15, -0.1) is 0 Å². The van der Waals surface area contributed by atoms with Crippen LogP contribution in [0.2, 0.25) is 0 Å². The second-order valence-electron chi connectivity index (χ2n) is 4.21. The Morgan fingerprint density at radius 1 is 1.30 bits per heavy atom. The van der Waals surface area contributed by atoms with Crippen LogP contribution >= 0.6 is 0 Å². The topological polar surface area (TPSA) is 81.2 Å². The zero-order chi connectivity index (χ0) is 14.5. The normalized spacial score (nSPS) is 10.1. The zero-order valence-electron chi connectivity index (χ0n) is 11.5. The van der Waals surface area contributed by atoms with Gasteiger partial charge in [-0.3, -0.25) is 5.41 Å². The number of hydrogen-bond donors (Lipinski definition) is 2. The minimum Gasteiger partial charge on any atom is -0.493 e. The number of nitrogens with two attached hydrogens (primary N) is 1. The molecule has 0 unspecified atom stereocenters. The molecule has 0 aliphatic heterocycles. The van der Waals surface area contributed by atoms with Gasteiger partial charge in [0.15, 0.2) is 11.5 Å². The molecule has 0 radical (unpaired) electrons. The molecule has 2 rings (SSSR count). The molecule has 1 aromatic carbocycles. The Hall–Kier alpha value is -2.56. The number of hydrogen-bond acceptors (Lipinski definition) is 4. The molecule has 2 aromatic rings. The van der Waals surface area contributed by atoms with E-state index in [2.05, 4.69) is 11.9 Å². The quantitative estimate of drug-likeness (QED) is 0.647. The summed E-state index contributed by atoms with van der Waals surface area (Å²) in [5.41, 5.74) is 7.12. The lowest BCUT2D eigenvalue weighted by Crippen LogP contribution is -2.13. The van der Waals surface area contributed by atoms with Gasteiger partial charge in [-0.05, 0) is 36.2 Å². The number of benzene rings is 1. The van der Waals surface area contributed by atoms with Gasteiger partial charge >= 0.3 is 0 Å². The molecule has 104 valence electrons. The molecule has 1 heterocycles. The highest BCUT2D eigenvalue weighted by Gasteiger charge is 2.12. The first-order valence-electron chi connectivity index (χ1n) is 6.30. The summed E-state index contributed by atoms with van der Waals surface area (Å²) in [5, 5.41) is 7.53. The van der Waals surface area contributed by atoms with E-state index in [9.17, 15) is 0 Å². The molecular weight excluding hydrogens is 254 g/mol. The Labute approximate surface area is 117 Å². The summed E-state index contributed by atoms with van der Waals surface area (Å²) < 4.78 is 11.1. The summed E-state index contributed by atoms with van der Waals surface area (Å²) in [4.78, 5) is 4.11. The molecule has 0 spiro atoms. The van der Waals surface area contributed by atoms with Gasteiger partial charge < -0.3 is 15.2 Å². The van der Waals surface area contributed by atoms with Gasteiger partial charge in [0.2, 0.25) is 5.88 Å². The predicted octanol–water partition coefficient (Wildman–Crippen LogP) is 2.73. The number of aromatic nitrogens is 1. The lowest BCUT2D eigenvalue weighted by Gasteiger charge is -2.12. The number of rotatable bonds is 5. The molecule has 0 aliphatic rings. The fourth-order valence-electron chi connectivity index (χ4n) is 1.80. The van der Waals surface area contributed by atoms with Crippen molar-refractivity contribution in [2.24, 2.45) is 5.73 Å². The summed E-state index contributed by atoms with van der Waals surface area (Å²) >= 11 is 0. The SMILES string of the molecule is CCc1ccc(Oc2ncccc2C(=N)N)c(OC)c1. The van der Waals surface area contributed by atoms with Gasteiger partial charge in [0.05, 0.1) is 12.7 Å². The number of pyridine rings is 1. The first kappa shape index (κ1) is 13.9. The van der Waals surface area contributed by atoms with Crippen molar-refractivity contribution >= 4 is 5.84 Å². The monoisotopic (exact) mass is 271 g/mol. The van der Waals surface area contributed by atoms with Crippen LogP contribution in [0, 0.1) is 5.41 Å². The highest BCUT2D eigenvalue weighted by molar-refractivity contribution is 5.97. The molecule has 0 aliphatic carbocycles. The molecular formula is C15H17N3O2. The maximum atomic E-state index is 7.53. The molecule has 20 heavy (non-hydrogen) atoms. The number of nitrogens with zero attached hydrogens (tertiary/aromatic N) is 1. The van der Waals surface area contributed by atoms with Crippen LogP contribution in [-0.4, -0.2) is 17.9 Å². The molecule has 0 amide bonds. The molecule has 0 saturated heterocycles. The Morgan fingerprint density at radius 3 is 2.75 bits per heavy atom. The maximum absolute atomic E-state index is 7.53. The third-order valence-corrected chi connectivity index (χ3v) is 2.90. The average Bonchev–Trinajstić information content (AvgIpc) is 2.48. The smallest absolute Gasteiger partial charge is 0.230 e. The first-order chi connectivity index (χ1) is 9.65. The van der Waals surface area contributed by atoms with E-state index in [0.717, 1.165) is 12.0 Å². The van der Waals surface area contributed by atoms with Gasteiger partial charge in [-0.25, -0.2) is 4.98 Å². The Bertz CT molecular complexity index is 626. The summed E-state index contributed by atoms with van der Waals surface area (Å²) in [6, 6.07) is 9.12. The number of aryl methyl sites for hydroxylation is 1. The molecule has 3 N–H and O–H groups in total. The van der Waals surface area contributed by atoms with Crippen molar-refractivity contribution in [3.8, 4) is 17.4 Å². The van der Waals surface area contributed by atoms with E-state index in [-0.39, 0.29) is 5.84 Å². The van der Waals surface area contributed by atoms with Crippen LogP contribution in [0.3, 0.4) is 0 Å². The largest absolute Gasteiger partial charge is 0.493 e. The lowest BCUT2D eigenvalue weighted by atomic mass is 10.1. The summed E-state index contributed by atoms with van der Waals surface area (Å²) in [7, 11) is 1.59. The molecule has 0 fully saturated rings. The molecule has 5 heteroatoms. The minimum absolute atomic E-state index is 0.0859. The van der Waals surface area contributed by atoms with Crippen molar-refractivity contribution in [3.05, 3.63) is 47.7 Å². The number of methoxy groups -OCH3 is 1. The van der Waals surface area contributed by atoms with Crippen LogP contribution < -0.4 is 15.2 Å². The highest BCUT2D eigenvalue weighted by atomic mass is 16.5. The Morgan fingerprint density at radius 2 is 2.10 bits per heavy atom. The molecule has 5 nitrogen and oxygen atoms in total. The summed E-state index contributed by atoms with van der Waals surface area (Å²) in [6.45, 7) is 2.07. The van der Waals surface area contributed by atoms with Crippen LogP contribution in [0.1, 0.15) is 18.1 Å². The van der Waals surface area contributed by atoms with Crippen molar-refractivity contribution in [1.82, 2.24) is 4.98 Å². The van der Waals surface area contributed by atoms with Gasteiger partial charge in [-0.2, -0.15) is 0 Å². The van der Waals surface area contributed by atoms with E-state index in [4.69, 9.17) is 20.6 Å². The van der Waals surface area contributed by atoms with Gasteiger partial charge in [0.1, 0.15) is 5.84 Å². The molecule has 0 atom stereocenters. The van der Waals surface area contributed by atoms with Crippen LogP contribution in [0.5, 0.6) is 17.4 Å². The van der Waals surface area contributed by atoms with Crippen LogP contribution in [0.25, 0.3) is 0 Å². The fourth-order valence-corrected chi connectivity index (χ4v) is 1.80. The van der Waals surface area contributed by atoms with Gasteiger partial charge in [0, 0.05) is 6.20 Å². The van der Waals surface area contributed by atoms with Gasteiger partial charge in [0.25, 0.3) is 0 Å². The predicted molar refractivity (Wildman–Crippen MR) is 77.7 cm³/mol. The van der Waals surface area contributed by atoms with E-state index in [1.54, 1.807) is 25.4 Å². The Kier molecular flexibility index (Phi) is 4.20. The zero-order valence-corrected chi connectivity index (χ0v) is 11.5.